The first-order chi connectivity index (χ1) is 4.97. The Morgan fingerprint density at radius 2 is 1.92 bits per heavy atom. The van der Waals surface area contributed by atoms with Crippen molar-refractivity contribution in [3.05, 3.63) is 35.9 Å². The third kappa shape index (κ3) is 2.66. The standard InChI is InChI=1S/C9H8O.Pb.Zn/c1-2-6-9-8(4-1)5-3-7-10-9;;/h1-6H,7H2;;. The molecule has 0 amide bonds. The largest absolute Gasteiger partial charge is 0.489 e. The van der Waals surface area contributed by atoms with Gasteiger partial charge < -0.3 is 4.74 Å². The van der Waals surface area contributed by atoms with E-state index in [-0.39, 0.29) is 46.8 Å². The summed E-state index contributed by atoms with van der Waals surface area (Å²) in [7, 11) is 0. The van der Waals surface area contributed by atoms with E-state index in [1.807, 2.05) is 30.3 Å². The van der Waals surface area contributed by atoms with Crippen molar-refractivity contribution in [2.24, 2.45) is 0 Å². The zero-order valence-electron chi connectivity index (χ0n) is 6.79. The summed E-state index contributed by atoms with van der Waals surface area (Å²) in [6.07, 6.45) is 4.10. The second kappa shape index (κ2) is 5.87. The van der Waals surface area contributed by atoms with Crippen LogP contribution < -0.4 is 4.74 Å². The van der Waals surface area contributed by atoms with Crippen LogP contribution in [-0.4, -0.2) is 33.9 Å². The second-order valence-corrected chi connectivity index (χ2v) is 2.25. The van der Waals surface area contributed by atoms with E-state index < -0.39 is 0 Å². The van der Waals surface area contributed by atoms with E-state index in [0.717, 1.165) is 5.75 Å². The zero-order valence-corrected chi connectivity index (χ0v) is 13.6. The molecule has 1 nitrogen and oxygen atoms in total. The van der Waals surface area contributed by atoms with Gasteiger partial charge >= 0.3 is 0 Å². The van der Waals surface area contributed by atoms with Gasteiger partial charge in [0.25, 0.3) is 0 Å². The minimum Gasteiger partial charge on any atom is -0.489 e. The Kier molecular flexibility index (Phi) is 6.02. The summed E-state index contributed by atoms with van der Waals surface area (Å²) in [5, 5.41) is 0. The average Bonchev–Trinajstić information content (AvgIpc) is 2.05. The van der Waals surface area contributed by atoms with Gasteiger partial charge in [0.2, 0.25) is 0 Å². The molecule has 1 aliphatic rings. The monoisotopic (exact) mass is 404 g/mol. The van der Waals surface area contributed by atoms with Gasteiger partial charge in [0, 0.05) is 52.3 Å². The van der Waals surface area contributed by atoms with Crippen LogP contribution in [0.15, 0.2) is 30.3 Å². The van der Waals surface area contributed by atoms with Crippen molar-refractivity contribution in [1.29, 1.82) is 0 Å². The molecule has 0 aliphatic carbocycles. The van der Waals surface area contributed by atoms with Crippen molar-refractivity contribution in [3.8, 4) is 5.75 Å². The predicted molar refractivity (Wildman–Crippen MR) is 46.7 cm³/mol. The molecule has 1 aliphatic heterocycles. The normalized spacial score (nSPS) is 11.7. The maximum Gasteiger partial charge on any atom is 0.126 e. The third-order valence-corrected chi connectivity index (χ3v) is 1.55. The minimum absolute atomic E-state index is 0. The van der Waals surface area contributed by atoms with E-state index in [0.29, 0.717) is 6.61 Å². The maximum absolute atomic E-state index is 5.34. The summed E-state index contributed by atoms with van der Waals surface area (Å²) in [5.74, 6) is 0.991. The number of benzene rings is 1. The van der Waals surface area contributed by atoms with Gasteiger partial charge in [-0.1, -0.05) is 24.3 Å². The fourth-order valence-electron chi connectivity index (χ4n) is 1.06. The molecule has 0 aromatic heterocycles. The van der Waals surface area contributed by atoms with E-state index in [1.165, 1.54) is 5.56 Å². The molecule has 12 heavy (non-hydrogen) atoms. The van der Waals surface area contributed by atoms with E-state index in [1.54, 1.807) is 0 Å². The number of ether oxygens (including phenoxy) is 1. The summed E-state index contributed by atoms with van der Waals surface area (Å²) in [6.45, 7) is 0.705. The summed E-state index contributed by atoms with van der Waals surface area (Å²) in [4.78, 5) is 0. The van der Waals surface area contributed by atoms with Crippen molar-refractivity contribution in [3.63, 3.8) is 0 Å². The zero-order chi connectivity index (χ0) is 6.81. The molecule has 2 rings (SSSR count). The Balaban J connectivity index is 0.000000605. The Morgan fingerprint density at radius 1 is 1.17 bits per heavy atom. The molecular weight excluding hydrogens is 397 g/mol. The quantitative estimate of drug-likeness (QED) is 0.598. The molecule has 0 fully saturated rings. The summed E-state index contributed by atoms with van der Waals surface area (Å²) >= 11 is 0. The predicted octanol–water partition coefficient (Wildman–Crippen LogP) is 1.71. The molecule has 3 heteroatoms. The van der Waals surface area contributed by atoms with E-state index in [9.17, 15) is 0 Å². The second-order valence-electron chi connectivity index (χ2n) is 2.25. The van der Waals surface area contributed by atoms with Crippen LogP contribution in [0.1, 0.15) is 5.56 Å². The Hall–Kier alpha value is 0.305. The van der Waals surface area contributed by atoms with Crippen LogP contribution in [0.25, 0.3) is 6.08 Å². The number of fused-ring (bicyclic) bond motifs is 1. The number of rotatable bonds is 0. The van der Waals surface area contributed by atoms with Crippen LogP contribution in [0.2, 0.25) is 0 Å². The fraction of sp³-hybridized carbons (Fsp3) is 0.111. The van der Waals surface area contributed by atoms with Crippen molar-refractivity contribution < 1.29 is 24.2 Å². The molecule has 0 saturated carbocycles. The molecule has 0 atom stereocenters. The van der Waals surface area contributed by atoms with Gasteiger partial charge in [0.1, 0.15) is 12.4 Å². The van der Waals surface area contributed by atoms with Crippen molar-refractivity contribution >= 4 is 33.4 Å². The van der Waals surface area contributed by atoms with E-state index >= 15 is 0 Å². The SMILES string of the molecule is C1=Cc2ccccc2OC1.[Pb].[Zn]. The Labute approximate surface area is 105 Å². The Bertz CT molecular complexity index is 273. The van der Waals surface area contributed by atoms with Gasteiger partial charge in [0.05, 0.1) is 0 Å². The molecule has 1 aromatic carbocycles. The van der Waals surface area contributed by atoms with Crippen LogP contribution in [0.3, 0.4) is 0 Å². The maximum atomic E-state index is 5.34. The molecule has 0 bridgehead atoms. The van der Waals surface area contributed by atoms with Crippen LogP contribution in [0.5, 0.6) is 5.75 Å². The van der Waals surface area contributed by atoms with Crippen molar-refractivity contribution in [2.75, 3.05) is 6.61 Å². The molecule has 1 aromatic rings. The number of para-hydroxylation sites is 1. The van der Waals surface area contributed by atoms with E-state index in [4.69, 9.17) is 4.74 Å². The molecule has 0 unspecified atom stereocenters. The van der Waals surface area contributed by atoms with Gasteiger partial charge in [0.15, 0.2) is 0 Å². The van der Waals surface area contributed by atoms with Crippen molar-refractivity contribution in [1.82, 2.24) is 0 Å². The van der Waals surface area contributed by atoms with Gasteiger partial charge in [-0.05, 0) is 12.1 Å². The Morgan fingerprint density at radius 3 is 2.67 bits per heavy atom. The van der Waals surface area contributed by atoms with Crippen LogP contribution in [-0.2, 0) is 19.5 Å². The molecule has 4 radical (unpaired) electrons. The minimum atomic E-state index is 0. The fourth-order valence-corrected chi connectivity index (χ4v) is 1.06. The first-order valence-corrected chi connectivity index (χ1v) is 3.35. The molecule has 0 spiro atoms. The average molecular weight is 405 g/mol. The van der Waals surface area contributed by atoms with Gasteiger partial charge in [-0.15, -0.1) is 0 Å². The van der Waals surface area contributed by atoms with Gasteiger partial charge in [-0.25, -0.2) is 0 Å². The molecular formula is C9H8OPbZn. The molecule has 56 valence electrons. The summed E-state index contributed by atoms with van der Waals surface area (Å²) in [5.41, 5.74) is 1.17. The number of hydrogen-bond donors (Lipinski definition) is 0. The van der Waals surface area contributed by atoms with Gasteiger partial charge in [-0.2, -0.15) is 0 Å². The van der Waals surface area contributed by atoms with Crippen LogP contribution in [0.4, 0.5) is 0 Å². The topological polar surface area (TPSA) is 9.23 Å². The smallest absolute Gasteiger partial charge is 0.126 e. The number of hydrogen-bond acceptors (Lipinski definition) is 1. The molecule has 0 N–H and O–H groups in total. The first-order valence-electron chi connectivity index (χ1n) is 3.35. The summed E-state index contributed by atoms with van der Waals surface area (Å²) < 4.78 is 5.34. The van der Waals surface area contributed by atoms with Crippen LogP contribution in [0, 0.1) is 0 Å². The van der Waals surface area contributed by atoms with Crippen LogP contribution >= 0.6 is 0 Å². The first kappa shape index (κ1) is 12.3. The van der Waals surface area contributed by atoms with Gasteiger partial charge in [-0.3, -0.25) is 0 Å². The van der Waals surface area contributed by atoms with Crippen molar-refractivity contribution in [2.45, 2.75) is 0 Å². The summed E-state index contributed by atoms with van der Waals surface area (Å²) in [6, 6.07) is 8.03. The van der Waals surface area contributed by atoms with E-state index in [2.05, 4.69) is 6.08 Å². The molecule has 1 heterocycles. The third-order valence-electron chi connectivity index (χ3n) is 1.55. The molecule has 0 saturated heterocycles.